The van der Waals surface area contributed by atoms with E-state index in [1.54, 1.807) is 12.1 Å². The molecule has 0 unspecified atom stereocenters. The average molecular weight is 214 g/mol. The Balaban J connectivity index is 2.24. The zero-order valence-electron chi connectivity index (χ0n) is 7.89. The highest BCUT2D eigenvalue weighted by Gasteiger charge is 2.18. The molecule has 1 aliphatic heterocycles. The highest BCUT2D eigenvalue weighted by atomic mass is 35.5. The molecular formula is C11H13ClFN. The molecule has 14 heavy (non-hydrogen) atoms. The van der Waals surface area contributed by atoms with Crippen molar-refractivity contribution in [2.75, 3.05) is 6.54 Å². The van der Waals surface area contributed by atoms with Crippen molar-refractivity contribution < 1.29 is 4.39 Å². The first-order chi connectivity index (χ1) is 6.77. The second kappa shape index (κ2) is 4.28. The summed E-state index contributed by atoms with van der Waals surface area (Å²) < 4.78 is 13.5. The lowest BCUT2D eigenvalue weighted by atomic mass is 9.97. The third-order valence-electron chi connectivity index (χ3n) is 2.64. The van der Waals surface area contributed by atoms with Crippen LogP contribution in [-0.4, -0.2) is 6.54 Å². The van der Waals surface area contributed by atoms with E-state index in [0.717, 1.165) is 19.4 Å². The lowest BCUT2D eigenvalue weighted by Crippen LogP contribution is -2.27. The molecule has 1 aliphatic rings. The van der Waals surface area contributed by atoms with Crippen molar-refractivity contribution in [2.45, 2.75) is 25.3 Å². The van der Waals surface area contributed by atoms with Crippen LogP contribution in [0, 0.1) is 5.82 Å². The summed E-state index contributed by atoms with van der Waals surface area (Å²) in [5.41, 5.74) is 0.706. The van der Waals surface area contributed by atoms with E-state index in [1.807, 2.05) is 0 Å². The van der Waals surface area contributed by atoms with Gasteiger partial charge in [-0.1, -0.05) is 18.0 Å². The van der Waals surface area contributed by atoms with Crippen LogP contribution >= 0.6 is 11.6 Å². The summed E-state index contributed by atoms with van der Waals surface area (Å²) in [5, 5.41) is 3.91. The van der Waals surface area contributed by atoms with E-state index < -0.39 is 0 Å². The van der Waals surface area contributed by atoms with Gasteiger partial charge in [-0.25, -0.2) is 4.39 Å². The minimum Gasteiger partial charge on any atom is -0.310 e. The van der Waals surface area contributed by atoms with Crippen molar-refractivity contribution in [3.8, 4) is 0 Å². The summed E-state index contributed by atoms with van der Waals surface area (Å²) in [4.78, 5) is 0. The number of hydrogen-bond acceptors (Lipinski definition) is 1. The highest BCUT2D eigenvalue weighted by molar-refractivity contribution is 6.30. The Morgan fingerprint density at radius 2 is 2.21 bits per heavy atom. The van der Waals surface area contributed by atoms with Crippen molar-refractivity contribution in [1.29, 1.82) is 0 Å². The molecule has 1 aromatic carbocycles. The smallest absolute Gasteiger partial charge is 0.128 e. The molecule has 1 heterocycles. The largest absolute Gasteiger partial charge is 0.310 e. The SMILES string of the molecule is Fc1ccc(Cl)cc1[C@@H]1CCCCN1. The van der Waals surface area contributed by atoms with E-state index in [1.165, 1.54) is 12.5 Å². The predicted molar refractivity (Wildman–Crippen MR) is 56.0 cm³/mol. The van der Waals surface area contributed by atoms with Gasteiger partial charge in [0.15, 0.2) is 0 Å². The Bertz CT molecular complexity index is 321. The lowest BCUT2D eigenvalue weighted by molar-refractivity contribution is 0.400. The Labute approximate surface area is 88.3 Å². The van der Waals surface area contributed by atoms with Gasteiger partial charge in [-0.05, 0) is 37.6 Å². The quantitative estimate of drug-likeness (QED) is 0.755. The van der Waals surface area contributed by atoms with Crippen LogP contribution < -0.4 is 5.32 Å². The van der Waals surface area contributed by atoms with E-state index in [2.05, 4.69) is 5.32 Å². The molecule has 76 valence electrons. The molecule has 1 nitrogen and oxygen atoms in total. The van der Waals surface area contributed by atoms with E-state index in [0.29, 0.717) is 10.6 Å². The number of benzene rings is 1. The summed E-state index contributed by atoms with van der Waals surface area (Å²) in [5.74, 6) is -0.159. The Hall–Kier alpha value is -0.600. The van der Waals surface area contributed by atoms with E-state index in [-0.39, 0.29) is 11.9 Å². The van der Waals surface area contributed by atoms with Crippen LogP contribution in [0.4, 0.5) is 4.39 Å². The summed E-state index contributed by atoms with van der Waals surface area (Å²) in [6.07, 6.45) is 3.33. The summed E-state index contributed by atoms with van der Waals surface area (Å²) in [6, 6.07) is 4.89. The monoisotopic (exact) mass is 213 g/mol. The maximum atomic E-state index is 13.5. The first-order valence-electron chi connectivity index (χ1n) is 4.96. The van der Waals surface area contributed by atoms with Crippen LogP contribution in [0.25, 0.3) is 0 Å². The molecule has 2 rings (SSSR count). The van der Waals surface area contributed by atoms with Crippen LogP contribution in [0.2, 0.25) is 5.02 Å². The molecule has 3 heteroatoms. The molecule has 0 aliphatic carbocycles. The third-order valence-corrected chi connectivity index (χ3v) is 2.88. The van der Waals surface area contributed by atoms with Gasteiger partial charge >= 0.3 is 0 Å². The predicted octanol–water partition coefficient (Wildman–Crippen LogP) is 3.29. The minimum atomic E-state index is -0.159. The van der Waals surface area contributed by atoms with Crippen molar-refractivity contribution in [3.63, 3.8) is 0 Å². The molecule has 0 spiro atoms. The van der Waals surface area contributed by atoms with Gasteiger partial charge in [0.1, 0.15) is 5.82 Å². The minimum absolute atomic E-state index is 0.141. The molecule has 0 radical (unpaired) electrons. The molecule has 1 aromatic rings. The Morgan fingerprint density at radius 3 is 2.93 bits per heavy atom. The fourth-order valence-electron chi connectivity index (χ4n) is 1.90. The van der Waals surface area contributed by atoms with Gasteiger partial charge in [0.25, 0.3) is 0 Å². The standard InChI is InChI=1S/C11H13ClFN/c12-8-4-5-10(13)9(7-8)11-3-1-2-6-14-11/h4-5,7,11,14H,1-3,6H2/t11-/m0/s1. The fraction of sp³-hybridized carbons (Fsp3) is 0.455. The van der Waals surface area contributed by atoms with Crippen LogP contribution in [0.1, 0.15) is 30.9 Å². The zero-order valence-corrected chi connectivity index (χ0v) is 8.65. The number of piperidine rings is 1. The van der Waals surface area contributed by atoms with Gasteiger partial charge in [-0.3, -0.25) is 0 Å². The molecule has 0 saturated carbocycles. The van der Waals surface area contributed by atoms with Crippen LogP contribution in [0.5, 0.6) is 0 Å². The van der Waals surface area contributed by atoms with E-state index in [9.17, 15) is 4.39 Å². The maximum absolute atomic E-state index is 13.5. The number of hydrogen-bond donors (Lipinski definition) is 1. The van der Waals surface area contributed by atoms with Crippen molar-refractivity contribution in [1.82, 2.24) is 5.32 Å². The normalized spacial score (nSPS) is 22.3. The average Bonchev–Trinajstić information content (AvgIpc) is 2.23. The van der Waals surface area contributed by atoms with Crippen molar-refractivity contribution in [3.05, 3.63) is 34.6 Å². The van der Waals surface area contributed by atoms with Gasteiger partial charge in [-0.15, -0.1) is 0 Å². The maximum Gasteiger partial charge on any atom is 0.128 e. The van der Waals surface area contributed by atoms with Gasteiger partial charge in [-0.2, -0.15) is 0 Å². The molecule has 0 amide bonds. The molecule has 1 saturated heterocycles. The third kappa shape index (κ3) is 2.07. The molecule has 1 atom stereocenters. The fourth-order valence-corrected chi connectivity index (χ4v) is 2.08. The molecule has 0 aromatic heterocycles. The first-order valence-corrected chi connectivity index (χ1v) is 5.33. The summed E-state index contributed by atoms with van der Waals surface area (Å²) >= 11 is 5.84. The van der Waals surface area contributed by atoms with Crippen molar-refractivity contribution in [2.24, 2.45) is 0 Å². The molecular weight excluding hydrogens is 201 g/mol. The van der Waals surface area contributed by atoms with E-state index in [4.69, 9.17) is 11.6 Å². The van der Waals surface area contributed by atoms with Gasteiger partial charge in [0, 0.05) is 16.6 Å². The second-order valence-electron chi connectivity index (χ2n) is 3.67. The van der Waals surface area contributed by atoms with Crippen LogP contribution in [0.15, 0.2) is 18.2 Å². The van der Waals surface area contributed by atoms with E-state index >= 15 is 0 Å². The van der Waals surface area contributed by atoms with Gasteiger partial charge in [0.2, 0.25) is 0 Å². The molecule has 0 bridgehead atoms. The van der Waals surface area contributed by atoms with Gasteiger partial charge in [0.05, 0.1) is 0 Å². The topological polar surface area (TPSA) is 12.0 Å². The van der Waals surface area contributed by atoms with Gasteiger partial charge < -0.3 is 5.32 Å². The molecule has 1 fully saturated rings. The Kier molecular flexibility index (Phi) is 3.04. The second-order valence-corrected chi connectivity index (χ2v) is 4.10. The Morgan fingerprint density at radius 1 is 1.36 bits per heavy atom. The van der Waals surface area contributed by atoms with Crippen LogP contribution in [-0.2, 0) is 0 Å². The highest BCUT2D eigenvalue weighted by Crippen LogP contribution is 2.27. The summed E-state index contributed by atoms with van der Waals surface area (Å²) in [6.45, 7) is 0.969. The zero-order chi connectivity index (χ0) is 9.97. The first kappa shape index (κ1) is 9.94. The van der Waals surface area contributed by atoms with Crippen molar-refractivity contribution >= 4 is 11.6 Å². The number of halogens is 2. The number of rotatable bonds is 1. The van der Waals surface area contributed by atoms with Crippen LogP contribution in [0.3, 0.4) is 0 Å². The number of nitrogens with one attached hydrogen (secondary N) is 1. The molecule has 1 N–H and O–H groups in total. The summed E-state index contributed by atoms with van der Waals surface area (Å²) in [7, 11) is 0. The lowest BCUT2D eigenvalue weighted by Gasteiger charge is -2.24.